The van der Waals surface area contributed by atoms with Crippen molar-refractivity contribution in [2.45, 2.75) is 143 Å². The fraction of sp³-hybridized carbons (Fsp3) is 0.639. The van der Waals surface area contributed by atoms with Crippen LogP contribution >= 0.6 is 0 Å². The van der Waals surface area contributed by atoms with Gasteiger partial charge < -0.3 is 9.53 Å². The van der Waals surface area contributed by atoms with E-state index >= 15 is 0 Å². The second kappa shape index (κ2) is 10.8. The molecule has 0 amide bonds. The van der Waals surface area contributed by atoms with Gasteiger partial charge in [-0.3, -0.25) is 4.98 Å². The smallest absolute Gasteiger partial charge is 0.192 e. The molecule has 0 fully saturated rings. The summed E-state index contributed by atoms with van der Waals surface area (Å²) in [6, 6.07) is 8.60. The van der Waals surface area contributed by atoms with Crippen molar-refractivity contribution in [3.8, 4) is 0 Å². The van der Waals surface area contributed by atoms with E-state index in [1.165, 1.54) is 34.4 Å². The Morgan fingerprint density at radius 1 is 1.02 bits per heavy atom. The van der Waals surface area contributed by atoms with Gasteiger partial charge in [0, 0.05) is 22.5 Å². The van der Waals surface area contributed by atoms with Gasteiger partial charge >= 0.3 is 0 Å². The van der Waals surface area contributed by atoms with Crippen LogP contribution in [0.5, 0.6) is 0 Å². The molecular weight excluding hydrogens is 506 g/mol. The van der Waals surface area contributed by atoms with Crippen LogP contribution in [0, 0.1) is 5.41 Å². The minimum Gasteiger partial charge on any atom is -0.410 e. The summed E-state index contributed by atoms with van der Waals surface area (Å²) < 4.78 is 7.29. The quantitative estimate of drug-likeness (QED) is 0.357. The lowest BCUT2D eigenvalue weighted by Crippen LogP contribution is -2.44. The first kappa shape index (κ1) is 31.2. The van der Waals surface area contributed by atoms with Crippen molar-refractivity contribution < 1.29 is 9.53 Å². The molecule has 2 atom stereocenters. The van der Waals surface area contributed by atoms with Crippen molar-refractivity contribution in [1.29, 1.82) is 0 Å². The van der Waals surface area contributed by atoms with E-state index < -0.39 is 14.4 Å². The number of allylic oxidation sites excluding steroid dienone is 2. The molecule has 4 heteroatoms. The van der Waals surface area contributed by atoms with Crippen molar-refractivity contribution in [2.24, 2.45) is 5.41 Å². The maximum Gasteiger partial charge on any atom is 0.192 e. The molecular formula is C36H55NO2Si. The van der Waals surface area contributed by atoms with Crippen LogP contribution in [0.2, 0.25) is 18.1 Å². The molecule has 0 spiro atoms. The van der Waals surface area contributed by atoms with E-state index in [0.29, 0.717) is 0 Å². The number of hydrogen-bond donors (Lipinski definition) is 1. The van der Waals surface area contributed by atoms with E-state index in [-0.39, 0.29) is 27.9 Å². The monoisotopic (exact) mass is 561 g/mol. The van der Waals surface area contributed by atoms with Crippen molar-refractivity contribution in [2.75, 3.05) is 0 Å². The zero-order valence-electron chi connectivity index (χ0n) is 27.5. The van der Waals surface area contributed by atoms with Gasteiger partial charge in [-0.25, -0.2) is 0 Å². The number of nitrogens with zero attached hydrogens (tertiary/aromatic N) is 1. The summed E-state index contributed by atoms with van der Waals surface area (Å²) in [5.41, 5.74) is 9.52. The molecule has 1 N–H and O–H groups in total. The van der Waals surface area contributed by atoms with Gasteiger partial charge in [-0.05, 0) is 89.2 Å². The molecule has 0 bridgehead atoms. The molecule has 2 aliphatic rings. The minimum atomic E-state index is -2.06. The standard InChI is InChI=1S/C36H55NO2Si/c1-23(2)32-31(33(38)25-17-19-26(20-18-25)34(3,4)5)29(24-15-13-14-16-24)30-27(37-32)21-36(9,10)22-28(30)39-40(11,12)35(6,7)8/h15,17-20,23,28,33,38H,13-14,16,21-22H2,1-12H3. The van der Waals surface area contributed by atoms with Crippen LogP contribution in [0.25, 0.3) is 5.57 Å². The third kappa shape index (κ3) is 6.20. The Bertz CT molecular complexity index is 1260. The van der Waals surface area contributed by atoms with E-state index in [0.717, 1.165) is 42.5 Å². The lowest BCUT2D eigenvalue weighted by atomic mass is 9.71. The van der Waals surface area contributed by atoms with Crippen molar-refractivity contribution in [1.82, 2.24) is 4.98 Å². The second-order valence-electron chi connectivity index (χ2n) is 16.1. The molecule has 1 aromatic heterocycles. The molecule has 1 aromatic carbocycles. The fourth-order valence-electron chi connectivity index (χ4n) is 6.22. The normalized spacial score (nSPS) is 20.4. The molecule has 0 radical (unpaired) electrons. The highest BCUT2D eigenvalue weighted by atomic mass is 28.4. The number of fused-ring (bicyclic) bond motifs is 1. The second-order valence-corrected chi connectivity index (χ2v) is 20.9. The Labute approximate surface area is 246 Å². The largest absolute Gasteiger partial charge is 0.410 e. The Morgan fingerprint density at radius 2 is 1.65 bits per heavy atom. The average molecular weight is 562 g/mol. The summed E-state index contributed by atoms with van der Waals surface area (Å²) in [4.78, 5) is 5.43. The van der Waals surface area contributed by atoms with E-state index in [1.54, 1.807) is 0 Å². The summed E-state index contributed by atoms with van der Waals surface area (Å²) >= 11 is 0. The number of pyridine rings is 1. The lowest BCUT2D eigenvalue weighted by Gasteiger charge is -2.45. The molecule has 2 aliphatic carbocycles. The van der Waals surface area contributed by atoms with Gasteiger partial charge in [-0.2, -0.15) is 0 Å². The third-order valence-corrected chi connectivity index (χ3v) is 14.1. The van der Waals surface area contributed by atoms with Crippen LogP contribution < -0.4 is 0 Å². The van der Waals surface area contributed by atoms with Crippen molar-refractivity contribution in [3.63, 3.8) is 0 Å². The van der Waals surface area contributed by atoms with Crippen molar-refractivity contribution in [3.05, 3.63) is 69.5 Å². The first-order valence-corrected chi connectivity index (χ1v) is 18.5. The highest BCUT2D eigenvalue weighted by Gasteiger charge is 2.45. The van der Waals surface area contributed by atoms with E-state index in [2.05, 4.69) is 113 Å². The third-order valence-electron chi connectivity index (χ3n) is 9.60. The van der Waals surface area contributed by atoms with Crippen LogP contribution in [0.1, 0.15) is 152 Å². The Hall–Kier alpha value is -1.75. The Balaban J connectivity index is 1.99. The zero-order chi connectivity index (χ0) is 29.8. The number of aromatic nitrogens is 1. The highest BCUT2D eigenvalue weighted by Crippen LogP contribution is 2.52. The van der Waals surface area contributed by atoms with E-state index in [4.69, 9.17) is 9.41 Å². The zero-order valence-corrected chi connectivity index (χ0v) is 28.5. The van der Waals surface area contributed by atoms with E-state index in [1.807, 2.05) is 0 Å². The molecule has 40 heavy (non-hydrogen) atoms. The molecule has 0 saturated carbocycles. The summed E-state index contributed by atoms with van der Waals surface area (Å²) in [6.07, 6.45) is 6.90. The van der Waals surface area contributed by atoms with Gasteiger partial charge in [0.2, 0.25) is 0 Å². The van der Waals surface area contributed by atoms with Gasteiger partial charge in [-0.15, -0.1) is 0 Å². The van der Waals surface area contributed by atoms with Gasteiger partial charge in [0.05, 0.1) is 6.10 Å². The molecule has 0 saturated heterocycles. The molecule has 2 unspecified atom stereocenters. The van der Waals surface area contributed by atoms with E-state index in [9.17, 15) is 5.11 Å². The molecule has 0 aliphatic heterocycles. The predicted octanol–water partition coefficient (Wildman–Crippen LogP) is 10.2. The van der Waals surface area contributed by atoms with Gasteiger partial charge in [0.1, 0.15) is 6.10 Å². The summed E-state index contributed by atoms with van der Waals surface area (Å²) in [7, 11) is -2.06. The maximum absolute atomic E-state index is 12.2. The molecule has 2 aromatic rings. The maximum atomic E-state index is 12.2. The average Bonchev–Trinajstić information content (AvgIpc) is 3.35. The number of aliphatic hydroxyl groups is 1. The molecule has 220 valence electrons. The van der Waals surface area contributed by atoms with Crippen LogP contribution in [0.4, 0.5) is 0 Å². The Morgan fingerprint density at radius 3 is 2.15 bits per heavy atom. The summed E-state index contributed by atoms with van der Waals surface area (Å²) in [5, 5.41) is 12.3. The van der Waals surface area contributed by atoms with Crippen LogP contribution in [-0.2, 0) is 16.3 Å². The summed E-state index contributed by atoms with van der Waals surface area (Å²) in [5.74, 6) is 0.203. The predicted molar refractivity (Wildman–Crippen MR) is 172 cm³/mol. The van der Waals surface area contributed by atoms with Gasteiger partial charge in [0.25, 0.3) is 0 Å². The Kier molecular flexibility index (Phi) is 8.44. The van der Waals surface area contributed by atoms with Gasteiger partial charge in [-0.1, -0.05) is 99.6 Å². The highest BCUT2D eigenvalue weighted by molar-refractivity contribution is 6.74. The molecule has 3 nitrogen and oxygen atoms in total. The number of benzene rings is 1. The van der Waals surface area contributed by atoms with Crippen LogP contribution in [0.3, 0.4) is 0 Å². The lowest BCUT2D eigenvalue weighted by molar-refractivity contribution is 0.105. The van der Waals surface area contributed by atoms with Gasteiger partial charge in [0.15, 0.2) is 8.32 Å². The topological polar surface area (TPSA) is 42.4 Å². The molecule has 4 rings (SSSR count). The number of hydrogen-bond acceptors (Lipinski definition) is 3. The fourth-order valence-corrected chi connectivity index (χ4v) is 7.49. The van der Waals surface area contributed by atoms with Crippen molar-refractivity contribution >= 4 is 13.9 Å². The minimum absolute atomic E-state index is 0.0147. The summed E-state index contributed by atoms with van der Waals surface area (Å²) in [6.45, 7) is 27.6. The number of rotatable bonds is 6. The first-order chi connectivity index (χ1) is 18.3. The first-order valence-electron chi connectivity index (χ1n) is 15.5. The number of aliphatic hydroxyl groups excluding tert-OH is 1. The van der Waals surface area contributed by atoms with Crippen LogP contribution in [0.15, 0.2) is 30.3 Å². The SMILES string of the molecule is CC(C)c1nc2c(c(C3=CCCC3)c1C(O)c1ccc(C(C)(C)C)cc1)C(O[Si](C)(C)C(C)(C)C)CC(C)(C)C2. The van der Waals surface area contributed by atoms with Crippen LogP contribution in [-0.4, -0.2) is 18.4 Å². The molecule has 1 heterocycles.